The average Bonchev–Trinajstić information content (AvgIpc) is 2.37. The van der Waals surface area contributed by atoms with E-state index in [9.17, 15) is 20.0 Å². The van der Waals surface area contributed by atoms with Gasteiger partial charge in [0, 0.05) is 23.2 Å². The second kappa shape index (κ2) is 6.67. The predicted octanol–water partition coefficient (Wildman–Crippen LogP) is 2.98. The maximum atomic E-state index is 11.3. The Morgan fingerprint density at radius 2 is 2.20 bits per heavy atom. The maximum absolute atomic E-state index is 11.3. The highest BCUT2D eigenvalue weighted by atomic mass is 35.5. The SMILES string of the molecule is CCCC(C)(NCc1ccc(Cl)cc1[N+](=O)[O-])C(=O)O. The van der Waals surface area contributed by atoms with Crippen molar-refractivity contribution in [1.82, 2.24) is 5.32 Å². The second-order valence-electron chi connectivity index (χ2n) is 4.77. The van der Waals surface area contributed by atoms with Crippen molar-refractivity contribution in [2.45, 2.75) is 38.8 Å². The van der Waals surface area contributed by atoms with E-state index in [0.717, 1.165) is 0 Å². The van der Waals surface area contributed by atoms with Crippen molar-refractivity contribution in [3.8, 4) is 0 Å². The predicted molar refractivity (Wildman–Crippen MR) is 75.9 cm³/mol. The number of rotatable bonds is 7. The summed E-state index contributed by atoms with van der Waals surface area (Å²) >= 11 is 5.73. The Hall–Kier alpha value is -1.66. The molecular formula is C13H17ClN2O4. The van der Waals surface area contributed by atoms with Crippen LogP contribution in [-0.4, -0.2) is 21.5 Å². The topological polar surface area (TPSA) is 92.5 Å². The van der Waals surface area contributed by atoms with Gasteiger partial charge in [-0.15, -0.1) is 0 Å². The number of carboxylic acids is 1. The van der Waals surface area contributed by atoms with E-state index in [1.165, 1.54) is 12.1 Å². The molecule has 1 unspecified atom stereocenters. The van der Waals surface area contributed by atoms with E-state index in [0.29, 0.717) is 18.4 Å². The van der Waals surface area contributed by atoms with Crippen LogP contribution in [0.3, 0.4) is 0 Å². The summed E-state index contributed by atoms with van der Waals surface area (Å²) in [4.78, 5) is 21.7. The van der Waals surface area contributed by atoms with Gasteiger partial charge >= 0.3 is 5.97 Å². The van der Waals surface area contributed by atoms with Crippen molar-refractivity contribution in [2.75, 3.05) is 0 Å². The molecule has 1 atom stereocenters. The molecule has 0 fully saturated rings. The smallest absolute Gasteiger partial charge is 0.323 e. The van der Waals surface area contributed by atoms with E-state index in [4.69, 9.17) is 11.6 Å². The third kappa shape index (κ3) is 3.91. The van der Waals surface area contributed by atoms with Crippen LogP contribution in [0.4, 0.5) is 5.69 Å². The molecule has 0 bridgehead atoms. The fourth-order valence-electron chi connectivity index (χ4n) is 1.92. The molecule has 0 radical (unpaired) electrons. The largest absolute Gasteiger partial charge is 0.480 e. The minimum Gasteiger partial charge on any atom is -0.480 e. The molecule has 0 aromatic heterocycles. The fourth-order valence-corrected chi connectivity index (χ4v) is 2.08. The number of nitro groups is 1. The van der Waals surface area contributed by atoms with Gasteiger partial charge in [-0.1, -0.05) is 24.9 Å². The third-order valence-electron chi connectivity index (χ3n) is 3.14. The number of nitrogens with one attached hydrogen (secondary N) is 1. The molecule has 0 saturated heterocycles. The summed E-state index contributed by atoms with van der Waals surface area (Å²) in [6.45, 7) is 3.55. The molecule has 0 aliphatic rings. The molecule has 0 aliphatic heterocycles. The lowest BCUT2D eigenvalue weighted by Gasteiger charge is -2.25. The Bertz CT molecular complexity index is 521. The Balaban J connectivity index is 2.94. The Morgan fingerprint density at radius 3 is 2.70 bits per heavy atom. The third-order valence-corrected chi connectivity index (χ3v) is 3.37. The number of hydrogen-bond acceptors (Lipinski definition) is 4. The molecule has 0 saturated carbocycles. The van der Waals surface area contributed by atoms with Crippen LogP contribution >= 0.6 is 11.6 Å². The number of carbonyl (C=O) groups is 1. The average molecular weight is 301 g/mol. The first-order valence-electron chi connectivity index (χ1n) is 6.21. The number of carboxylic acid groups (broad SMARTS) is 1. The monoisotopic (exact) mass is 300 g/mol. The number of halogens is 1. The zero-order valence-electron chi connectivity index (χ0n) is 11.4. The van der Waals surface area contributed by atoms with Gasteiger partial charge in [0.2, 0.25) is 0 Å². The molecule has 0 heterocycles. The Kier molecular flexibility index (Phi) is 5.47. The van der Waals surface area contributed by atoms with E-state index in [1.807, 2.05) is 6.92 Å². The normalized spacial score (nSPS) is 13.8. The zero-order chi connectivity index (χ0) is 15.3. The summed E-state index contributed by atoms with van der Waals surface area (Å²) in [7, 11) is 0. The summed E-state index contributed by atoms with van der Waals surface area (Å²) in [5, 5.41) is 23.4. The quantitative estimate of drug-likeness (QED) is 0.596. The molecular weight excluding hydrogens is 284 g/mol. The zero-order valence-corrected chi connectivity index (χ0v) is 12.1. The number of aliphatic carboxylic acids is 1. The van der Waals surface area contributed by atoms with Crippen LogP contribution in [0.25, 0.3) is 0 Å². The second-order valence-corrected chi connectivity index (χ2v) is 5.21. The first-order valence-corrected chi connectivity index (χ1v) is 6.59. The van der Waals surface area contributed by atoms with Crippen molar-refractivity contribution in [2.24, 2.45) is 0 Å². The molecule has 20 heavy (non-hydrogen) atoms. The van der Waals surface area contributed by atoms with Crippen LogP contribution in [0, 0.1) is 10.1 Å². The van der Waals surface area contributed by atoms with E-state index in [1.54, 1.807) is 13.0 Å². The lowest BCUT2D eigenvalue weighted by Crippen LogP contribution is -2.49. The van der Waals surface area contributed by atoms with Crippen LogP contribution in [-0.2, 0) is 11.3 Å². The van der Waals surface area contributed by atoms with Gasteiger partial charge in [0.15, 0.2) is 0 Å². The van der Waals surface area contributed by atoms with Crippen LogP contribution in [0.1, 0.15) is 32.3 Å². The fraction of sp³-hybridized carbons (Fsp3) is 0.462. The van der Waals surface area contributed by atoms with Gasteiger partial charge in [-0.3, -0.25) is 20.2 Å². The standard InChI is InChI=1S/C13H17ClN2O4/c1-3-6-13(2,12(17)18)15-8-9-4-5-10(14)7-11(9)16(19)20/h4-5,7,15H,3,6,8H2,1-2H3,(H,17,18). The molecule has 1 aromatic rings. The molecule has 0 amide bonds. The Morgan fingerprint density at radius 1 is 1.55 bits per heavy atom. The van der Waals surface area contributed by atoms with Gasteiger partial charge in [0.25, 0.3) is 5.69 Å². The minimum absolute atomic E-state index is 0.0935. The summed E-state index contributed by atoms with van der Waals surface area (Å²) in [6, 6.07) is 4.33. The lowest BCUT2D eigenvalue weighted by atomic mass is 9.96. The molecule has 110 valence electrons. The van der Waals surface area contributed by atoms with Crippen molar-refractivity contribution >= 4 is 23.3 Å². The lowest BCUT2D eigenvalue weighted by molar-refractivity contribution is -0.385. The first-order chi connectivity index (χ1) is 9.30. The molecule has 1 rings (SSSR count). The number of hydrogen-bond donors (Lipinski definition) is 2. The summed E-state index contributed by atoms with van der Waals surface area (Å²) in [5.41, 5.74) is -0.820. The van der Waals surface area contributed by atoms with Crippen LogP contribution in [0.15, 0.2) is 18.2 Å². The van der Waals surface area contributed by atoms with Crippen LogP contribution in [0.2, 0.25) is 5.02 Å². The van der Waals surface area contributed by atoms with Gasteiger partial charge in [0.1, 0.15) is 5.54 Å². The van der Waals surface area contributed by atoms with Gasteiger partial charge in [-0.25, -0.2) is 0 Å². The summed E-state index contributed by atoms with van der Waals surface area (Å²) in [5.74, 6) is -0.976. The van der Waals surface area contributed by atoms with Crippen molar-refractivity contribution in [3.05, 3.63) is 38.9 Å². The van der Waals surface area contributed by atoms with E-state index >= 15 is 0 Å². The van der Waals surface area contributed by atoms with Crippen molar-refractivity contribution in [1.29, 1.82) is 0 Å². The highest BCUT2D eigenvalue weighted by Gasteiger charge is 2.32. The maximum Gasteiger partial charge on any atom is 0.323 e. The Labute approximate surface area is 121 Å². The molecule has 7 heteroatoms. The first kappa shape index (κ1) is 16.4. The number of benzene rings is 1. The highest BCUT2D eigenvalue weighted by Crippen LogP contribution is 2.24. The van der Waals surface area contributed by atoms with Gasteiger partial charge in [-0.2, -0.15) is 0 Å². The summed E-state index contributed by atoms with van der Waals surface area (Å²) < 4.78 is 0. The summed E-state index contributed by atoms with van der Waals surface area (Å²) in [6.07, 6.45) is 1.13. The number of nitrogens with zero attached hydrogens (tertiary/aromatic N) is 1. The van der Waals surface area contributed by atoms with Gasteiger partial charge < -0.3 is 5.11 Å². The van der Waals surface area contributed by atoms with Crippen LogP contribution < -0.4 is 5.32 Å². The van der Waals surface area contributed by atoms with Crippen molar-refractivity contribution in [3.63, 3.8) is 0 Å². The molecule has 1 aromatic carbocycles. The molecule has 6 nitrogen and oxygen atoms in total. The van der Waals surface area contributed by atoms with Gasteiger partial charge in [0.05, 0.1) is 4.92 Å². The van der Waals surface area contributed by atoms with Crippen LogP contribution in [0.5, 0.6) is 0 Å². The van der Waals surface area contributed by atoms with Crippen molar-refractivity contribution < 1.29 is 14.8 Å². The molecule has 0 aliphatic carbocycles. The van der Waals surface area contributed by atoms with Gasteiger partial charge in [-0.05, 0) is 25.5 Å². The van der Waals surface area contributed by atoms with E-state index in [-0.39, 0.29) is 17.3 Å². The molecule has 0 spiro atoms. The van der Waals surface area contributed by atoms with E-state index in [2.05, 4.69) is 5.32 Å². The van der Waals surface area contributed by atoms with E-state index < -0.39 is 16.4 Å². The highest BCUT2D eigenvalue weighted by molar-refractivity contribution is 6.30. The molecule has 2 N–H and O–H groups in total. The number of nitro benzene ring substituents is 1. The minimum atomic E-state index is -1.11.